The summed E-state index contributed by atoms with van der Waals surface area (Å²) in [5.41, 5.74) is 0.495. The van der Waals surface area contributed by atoms with Crippen molar-refractivity contribution in [1.82, 2.24) is 4.98 Å². The zero-order chi connectivity index (χ0) is 14.0. The topological polar surface area (TPSA) is 117 Å². The number of carboxylic acids is 2. The molecule has 3 N–H and O–H groups in total. The van der Waals surface area contributed by atoms with E-state index in [0.29, 0.717) is 11.8 Å². The number of nitrogens with zero attached hydrogens (tertiary/aromatic N) is 1. The fourth-order valence-electron chi connectivity index (χ4n) is 1.47. The van der Waals surface area contributed by atoms with Crippen molar-refractivity contribution >= 4 is 34.3 Å². The van der Waals surface area contributed by atoms with E-state index in [1.807, 2.05) is 0 Å². The van der Waals surface area contributed by atoms with Gasteiger partial charge in [-0.1, -0.05) is 11.3 Å². The fourth-order valence-corrected chi connectivity index (χ4v) is 2.36. The first-order valence-electron chi connectivity index (χ1n) is 5.43. The average molecular weight is 282 g/mol. The number of thiazole rings is 1. The quantitative estimate of drug-likeness (QED) is 0.701. The van der Waals surface area contributed by atoms with Gasteiger partial charge in [-0.25, -0.2) is 14.6 Å². The molecular weight excluding hydrogens is 272 g/mol. The van der Waals surface area contributed by atoms with Crippen LogP contribution in [0, 0.1) is 0 Å². The number of nitrogens with one attached hydrogen (secondary N) is 1. The van der Waals surface area contributed by atoms with E-state index < -0.39 is 17.8 Å². The number of aromatic carboxylic acids is 1. The molecule has 1 saturated carbocycles. The molecule has 2 rings (SSSR count). The Labute approximate surface area is 111 Å². The predicted molar refractivity (Wildman–Crippen MR) is 66.5 cm³/mol. The van der Waals surface area contributed by atoms with Gasteiger partial charge in [0, 0.05) is 18.1 Å². The summed E-state index contributed by atoms with van der Waals surface area (Å²) in [6, 6.07) is 0. The Morgan fingerprint density at radius 3 is 2.47 bits per heavy atom. The van der Waals surface area contributed by atoms with Crippen molar-refractivity contribution in [3.63, 3.8) is 0 Å². The minimum atomic E-state index is -1.24. The van der Waals surface area contributed by atoms with Crippen LogP contribution in [-0.4, -0.2) is 33.0 Å². The van der Waals surface area contributed by atoms with Gasteiger partial charge in [0.15, 0.2) is 5.13 Å². The Morgan fingerprint density at radius 2 is 1.95 bits per heavy atom. The standard InChI is InChI=1S/C11H10N2O5S/c14-6(3-4-7(15)16)12-11-13-8(5-1-2-5)9(19-11)10(17)18/h3-5H,1-2H2,(H,15,16)(H,17,18)(H,12,13,14)/b4-3+. The van der Waals surface area contributed by atoms with Crippen molar-refractivity contribution in [2.75, 3.05) is 5.32 Å². The number of carboxylic acid groups (broad SMARTS) is 2. The summed E-state index contributed by atoms with van der Waals surface area (Å²) < 4.78 is 0. The largest absolute Gasteiger partial charge is 0.478 e. The second-order valence-electron chi connectivity index (χ2n) is 3.97. The molecular formula is C11H10N2O5S. The molecule has 0 saturated heterocycles. The predicted octanol–water partition coefficient (Wildman–Crippen LogP) is 1.30. The highest BCUT2D eigenvalue weighted by Gasteiger charge is 2.32. The maximum absolute atomic E-state index is 11.4. The van der Waals surface area contributed by atoms with E-state index >= 15 is 0 Å². The highest BCUT2D eigenvalue weighted by atomic mass is 32.1. The van der Waals surface area contributed by atoms with Crippen LogP contribution in [0.1, 0.15) is 34.1 Å². The van der Waals surface area contributed by atoms with E-state index in [0.717, 1.165) is 30.3 Å². The number of carbonyl (C=O) groups excluding carboxylic acids is 1. The number of aromatic nitrogens is 1. The zero-order valence-corrected chi connectivity index (χ0v) is 10.4. The summed E-state index contributed by atoms with van der Waals surface area (Å²) in [6.45, 7) is 0. The summed E-state index contributed by atoms with van der Waals surface area (Å²) in [7, 11) is 0. The maximum atomic E-state index is 11.4. The molecule has 1 heterocycles. The van der Waals surface area contributed by atoms with E-state index in [1.54, 1.807) is 0 Å². The lowest BCUT2D eigenvalue weighted by molar-refractivity contribution is -0.131. The molecule has 0 spiro atoms. The lowest BCUT2D eigenvalue weighted by atomic mass is 10.2. The van der Waals surface area contributed by atoms with E-state index in [4.69, 9.17) is 10.2 Å². The first-order chi connectivity index (χ1) is 8.97. The van der Waals surface area contributed by atoms with E-state index in [2.05, 4.69) is 10.3 Å². The Morgan fingerprint density at radius 1 is 1.26 bits per heavy atom. The van der Waals surface area contributed by atoms with Crippen molar-refractivity contribution in [3.05, 3.63) is 22.7 Å². The number of rotatable bonds is 5. The molecule has 1 aliphatic rings. The molecule has 1 fully saturated rings. The molecule has 1 aliphatic carbocycles. The van der Waals surface area contributed by atoms with Gasteiger partial charge in [-0.3, -0.25) is 10.1 Å². The van der Waals surface area contributed by atoms with E-state index in [9.17, 15) is 14.4 Å². The van der Waals surface area contributed by atoms with Gasteiger partial charge in [0.25, 0.3) is 0 Å². The number of aliphatic carboxylic acids is 1. The van der Waals surface area contributed by atoms with Crippen LogP contribution in [0.2, 0.25) is 0 Å². The van der Waals surface area contributed by atoms with Crippen LogP contribution in [0.5, 0.6) is 0 Å². The van der Waals surface area contributed by atoms with Crippen molar-refractivity contribution in [2.24, 2.45) is 0 Å². The lowest BCUT2D eigenvalue weighted by Crippen LogP contribution is -2.08. The number of anilines is 1. The molecule has 0 unspecified atom stereocenters. The highest BCUT2D eigenvalue weighted by Crippen LogP contribution is 2.43. The minimum absolute atomic E-state index is 0.125. The van der Waals surface area contributed by atoms with Crippen LogP contribution in [0.25, 0.3) is 0 Å². The Kier molecular flexibility index (Phi) is 3.61. The van der Waals surface area contributed by atoms with Crippen LogP contribution in [0.4, 0.5) is 5.13 Å². The summed E-state index contributed by atoms with van der Waals surface area (Å²) in [5, 5.41) is 19.9. The summed E-state index contributed by atoms with van der Waals surface area (Å²) in [6.07, 6.45) is 3.34. The summed E-state index contributed by atoms with van der Waals surface area (Å²) in [4.78, 5) is 36.8. The Balaban J connectivity index is 2.13. The molecule has 8 heteroatoms. The number of amides is 1. The molecule has 1 amide bonds. The SMILES string of the molecule is O=C(O)/C=C/C(=O)Nc1nc(C2CC2)c(C(=O)O)s1. The highest BCUT2D eigenvalue weighted by molar-refractivity contribution is 7.17. The molecule has 1 aromatic heterocycles. The van der Waals surface area contributed by atoms with Crippen LogP contribution in [-0.2, 0) is 9.59 Å². The Bertz CT molecular complexity index is 574. The minimum Gasteiger partial charge on any atom is -0.478 e. The van der Waals surface area contributed by atoms with Gasteiger partial charge in [-0.05, 0) is 12.8 Å². The molecule has 0 radical (unpaired) electrons. The molecule has 100 valence electrons. The number of hydrogen-bond acceptors (Lipinski definition) is 5. The van der Waals surface area contributed by atoms with E-state index in [-0.39, 0.29) is 15.9 Å². The average Bonchev–Trinajstić information content (AvgIpc) is 3.08. The summed E-state index contributed by atoms with van der Waals surface area (Å²) in [5.74, 6) is -2.81. The van der Waals surface area contributed by atoms with Gasteiger partial charge in [0.05, 0.1) is 5.69 Å². The van der Waals surface area contributed by atoms with E-state index in [1.165, 1.54) is 0 Å². The smallest absolute Gasteiger partial charge is 0.347 e. The van der Waals surface area contributed by atoms with Crippen molar-refractivity contribution in [3.8, 4) is 0 Å². The third-order valence-electron chi connectivity index (χ3n) is 2.42. The van der Waals surface area contributed by atoms with Crippen molar-refractivity contribution in [1.29, 1.82) is 0 Å². The van der Waals surface area contributed by atoms with Crippen LogP contribution in [0.15, 0.2) is 12.2 Å². The van der Waals surface area contributed by atoms with Gasteiger partial charge in [-0.15, -0.1) is 0 Å². The van der Waals surface area contributed by atoms with Gasteiger partial charge in [-0.2, -0.15) is 0 Å². The second kappa shape index (κ2) is 5.19. The van der Waals surface area contributed by atoms with Crippen LogP contribution >= 0.6 is 11.3 Å². The molecule has 1 aromatic rings. The van der Waals surface area contributed by atoms with Crippen LogP contribution in [0.3, 0.4) is 0 Å². The molecule has 0 aromatic carbocycles. The summed E-state index contributed by atoms with van der Waals surface area (Å²) >= 11 is 0.875. The van der Waals surface area contributed by atoms with Gasteiger partial charge in [0.2, 0.25) is 5.91 Å². The van der Waals surface area contributed by atoms with Gasteiger partial charge < -0.3 is 10.2 Å². The number of hydrogen-bond donors (Lipinski definition) is 3. The normalized spacial score (nSPS) is 14.5. The first kappa shape index (κ1) is 13.2. The molecule has 0 aliphatic heterocycles. The van der Waals surface area contributed by atoms with Gasteiger partial charge in [0.1, 0.15) is 4.88 Å². The van der Waals surface area contributed by atoms with Crippen molar-refractivity contribution in [2.45, 2.75) is 18.8 Å². The lowest BCUT2D eigenvalue weighted by Gasteiger charge is -1.94. The first-order valence-corrected chi connectivity index (χ1v) is 6.25. The third-order valence-corrected chi connectivity index (χ3v) is 3.39. The number of carbonyl (C=O) groups is 3. The fraction of sp³-hybridized carbons (Fsp3) is 0.273. The second-order valence-corrected chi connectivity index (χ2v) is 4.97. The molecule has 0 bridgehead atoms. The van der Waals surface area contributed by atoms with Gasteiger partial charge >= 0.3 is 11.9 Å². The maximum Gasteiger partial charge on any atom is 0.347 e. The Hall–Kier alpha value is -2.22. The van der Waals surface area contributed by atoms with Crippen molar-refractivity contribution < 1.29 is 24.6 Å². The molecule has 0 atom stereocenters. The third kappa shape index (κ3) is 3.38. The molecule has 7 nitrogen and oxygen atoms in total. The monoisotopic (exact) mass is 282 g/mol. The molecule has 19 heavy (non-hydrogen) atoms. The van der Waals surface area contributed by atoms with Crippen LogP contribution < -0.4 is 5.32 Å². The zero-order valence-electron chi connectivity index (χ0n) is 9.62.